The lowest BCUT2D eigenvalue weighted by molar-refractivity contribution is -0.160. The third-order valence-electron chi connectivity index (χ3n) is 4.74. The molecule has 5 heteroatoms. The van der Waals surface area contributed by atoms with E-state index in [0.29, 0.717) is 13.2 Å². The van der Waals surface area contributed by atoms with Gasteiger partial charge < -0.3 is 19.5 Å². The highest BCUT2D eigenvalue weighted by Crippen LogP contribution is 2.38. The molecule has 0 aromatic heterocycles. The third-order valence-corrected chi connectivity index (χ3v) is 4.74. The number of esters is 1. The van der Waals surface area contributed by atoms with E-state index in [9.17, 15) is 9.90 Å². The van der Waals surface area contributed by atoms with Crippen LogP contribution in [-0.4, -0.2) is 61.0 Å². The fourth-order valence-corrected chi connectivity index (χ4v) is 2.96. The van der Waals surface area contributed by atoms with Gasteiger partial charge in [-0.2, -0.15) is 0 Å². The van der Waals surface area contributed by atoms with Crippen molar-refractivity contribution in [1.29, 1.82) is 0 Å². The number of carbonyl (C=O) groups excluding carboxylic acids is 1. The molecule has 1 fully saturated rings. The summed E-state index contributed by atoms with van der Waals surface area (Å²) in [5.41, 5.74) is -1.22. The molecule has 0 saturated carbocycles. The van der Waals surface area contributed by atoms with Gasteiger partial charge in [0.05, 0.1) is 24.2 Å². The fourth-order valence-electron chi connectivity index (χ4n) is 2.96. The molecule has 0 amide bonds. The van der Waals surface area contributed by atoms with Crippen LogP contribution in [0.15, 0.2) is 0 Å². The lowest BCUT2D eigenvalue weighted by Crippen LogP contribution is -2.46. The van der Waals surface area contributed by atoms with Crippen LogP contribution >= 0.6 is 0 Å². The quantitative estimate of drug-likeness (QED) is 0.550. The molecule has 5 nitrogen and oxygen atoms in total. The maximum absolute atomic E-state index is 11.9. The minimum atomic E-state index is -1.03. The van der Waals surface area contributed by atoms with Gasteiger partial charge in [-0.15, -0.1) is 0 Å². The number of rotatable bonds is 8. The number of nitrogens with zero attached hydrogens (tertiary/aromatic N) is 1. The first-order valence-corrected chi connectivity index (χ1v) is 8.35. The minimum absolute atomic E-state index is 0.0550. The smallest absolute Gasteiger partial charge is 0.308 e. The van der Waals surface area contributed by atoms with Crippen molar-refractivity contribution in [2.45, 2.75) is 64.1 Å². The van der Waals surface area contributed by atoms with E-state index in [1.54, 1.807) is 6.92 Å². The van der Waals surface area contributed by atoms with Crippen LogP contribution < -0.4 is 0 Å². The van der Waals surface area contributed by atoms with Crippen molar-refractivity contribution in [2.75, 3.05) is 33.9 Å². The van der Waals surface area contributed by atoms with E-state index < -0.39 is 5.60 Å². The Kier molecular flexibility index (Phi) is 7.29. The summed E-state index contributed by atoms with van der Waals surface area (Å²) in [5, 5.41) is 10.7. The van der Waals surface area contributed by atoms with Gasteiger partial charge in [-0.1, -0.05) is 6.92 Å². The molecule has 0 spiro atoms. The molecule has 130 valence electrons. The molecule has 1 saturated heterocycles. The van der Waals surface area contributed by atoms with Gasteiger partial charge in [-0.05, 0) is 59.5 Å². The van der Waals surface area contributed by atoms with Gasteiger partial charge in [-0.3, -0.25) is 4.79 Å². The topological polar surface area (TPSA) is 59.0 Å². The summed E-state index contributed by atoms with van der Waals surface area (Å²) >= 11 is 0. The number of aliphatic hydroxyl groups is 1. The highest BCUT2D eigenvalue weighted by Gasteiger charge is 2.42. The molecular weight excluding hydrogens is 282 g/mol. The van der Waals surface area contributed by atoms with Crippen LogP contribution in [0.3, 0.4) is 0 Å². The molecule has 1 N–H and O–H groups in total. The van der Waals surface area contributed by atoms with Gasteiger partial charge in [0.15, 0.2) is 0 Å². The Labute approximate surface area is 135 Å². The van der Waals surface area contributed by atoms with Crippen molar-refractivity contribution in [2.24, 2.45) is 5.92 Å². The van der Waals surface area contributed by atoms with Crippen LogP contribution in [0.4, 0.5) is 0 Å². The van der Waals surface area contributed by atoms with Gasteiger partial charge in [0.2, 0.25) is 0 Å². The molecule has 0 radical (unpaired) electrons. The molecule has 22 heavy (non-hydrogen) atoms. The molecule has 3 atom stereocenters. The Morgan fingerprint density at radius 1 is 1.50 bits per heavy atom. The first-order valence-electron chi connectivity index (χ1n) is 8.35. The van der Waals surface area contributed by atoms with E-state index in [1.807, 2.05) is 14.1 Å². The Morgan fingerprint density at radius 3 is 2.77 bits per heavy atom. The van der Waals surface area contributed by atoms with Crippen LogP contribution in [0.2, 0.25) is 0 Å². The zero-order valence-electron chi connectivity index (χ0n) is 14.9. The number of carbonyl (C=O) groups is 1. The molecule has 0 unspecified atom stereocenters. The first kappa shape index (κ1) is 19.4. The average Bonchev–Trinajstić information content (AvgIpc) is 2.43. The van der Waals surface area contributed by atoms with E-state index in [-0.39, 0.29) is 23.9 Å². The summed E-state index contributed by atoms with van der Waals surface area (Å²) in [5.74, 6) is -0.242. The number of ether oxygens (including phenoxy) is 2. The first-order chi connectivity index (χ1) is 10.2. The normalized spacial score (nSPS) is 28.4. The van der Waals surface area contributed by atoms with Gasteiger partial charge in [0, 0.05) is 13.2 Å². The molecule has 1 heterocycles. The molecule has 1 aliphatic rings. The Morgan fingerprint density at radius 2 is 2.18 bits per heavy atom. The predicted molar refractivity (Wildman–Crippen MR) is 86.7 cm³/mol. The molecule has 0 aromatic carbocycles. The monoisotopic (exact) mass is 315 g/mol. The van der Waals surface area contributed by atoms with E-state index in [2.05, 4.69) is 18.7 Å². The fraction of sp³-hybridized carbons (Fsp3) is 0.941. The zero-order chi connectivity index (χ0) is 16.8. The number of hydrogen-bond acceptors (Lipinski definition) is 5. The summed E-state index contributed by atoms with van der Waals surface area (Å²) in [6.07, 6.45) is 3.35. The van der Waals surface area contributed by atoms with Crippen molar-refractivity contribution in [3.8, 4) is 0 Å². The summed E-state index contributed by atoms with van der Waals surface area (Å²) in [6, 6.07) is 0. The van der Waals surface area contributed by atoms with Crippen LogP contribution in [0.1, 0.15) is 52.9 Å². The van der Waals surface area contributed by atoms with Gasteiger partial charge in [0.1, 0.15) is 0 Å². The Bertz CT molecular complexity index is 357. The van der Waals surface area contributed by atoms with Crippen LogP contribution in [0.5, 0.6) is 0 Å². The second-order valence-electron chi connectivity index (χ2n) is 7.25. The van der Waals surface area contributed by atoms with Gasteiger partial charge >= 0.3 is 5.97 Å². The average molecular weight is 315 g/mol. The highest BCUT2D eigenvalue weighted by molar-refractivity contribution is 5.70. The van der Waals surface area contributed by atoms with Crippen molar-refractivity contribution < 1.29 is 19.4 Å². The standard InChI is InChI=1S/C17H33NO4/c1-6-16(2)12-14(8-11-22-16)17(3,20)13-15(19)21-10-7-9-18(4)5/h14,20H,6-13H2,1-5H3/t14-,16+,17-/m1/s1. The van der Waals surface area contributed by atoms with Gasteiger partial charge in [-0.25, -0.2) is 0 Å². The highest BCUT2D eigenvalue weighted by atomic mass is 16.5. The lowest BCUT2D eigenvalue weighted by atomic mass is 9.75. The van der Waals surface area contributed by atoms with E-state index in [0.717, 1.165) is 32.2 Å². The maximum Gasteiger partial charge on any atom is 0.308 e. The van der Waals surface area contributed by atoms with Crippen LogP contribution in [0.25, 0.3) is 0 Å². The molecule has 1 rings (SSSR count). The Balaban J connectivity index is 2.43. The molecule has 1 aliphatic heterocycles. The maximum atomic E-state index is 11.9. The van der Waals surface area contributed by atoms with E-state index in [4.69, 9.17) is 9.47 Å². The van der Waals surface area contributed by atoms with E-state index in [1.165, 1.54) is 0 Å². The zero-order valence-corrected chi connectivity index (χ0v) is 14.9. The summed E-state index contributed by atoms with van der Waals surface area (Å²) < 4.78 is 11.1. The second kappa shape index (κ2) is 8.27. The molecule has 0 aromatic rings. The minimum Gasteiger partial charge on any atom is -0.466 e. The predicted octanol–water partition coefficient (Wildman–Crippen LogP) is 2.22. The summed E-state index contributed by atoms with van der Waals surface area (Å²) in [7, 11) is 3.98. The Hall–Kier alpha value is -0.650. The van der Waals surface area contributed by atoms with Crippen molar-refractivity contribution in [1.82, 2.24) is 4.90 Å². The van der Waals surface area contributed by atoms with Crippen molar-refractivity contribution >= 4 is 5.97 Å². The van der Waals surface area contributed by atoms with E-state index >= 15 is 0 Å². The van der Waals surface area contributed by atoms with Crippen molar-refractivity contribution in [3.05, 3.63) is 0 Å². The third kappa shape index (κ3) is 6.23. The van der Waals surface area contributed by atoms with Crippen LogP contribution in [-0.2, 0) is 14.3 Å². The summed E-state index contributed by atoms with van der Waals surface area (Å²) in [6.45, 7) is 7.86. The van der Waals surface area contributed by atoms with Crippen LogP contribution in [0, 0.1) is 5.92 Å². The SMILES string of the molecule is CC[C@@]1(C)C[C@H]([C@](C)(O)CC(=O)OCCCN(C)C)CCO1. The molecule has 0 bridgehead atoms. The second-order valence-corrected chi connectivity index (χ2v) is 7.25. The van der Waals surface area contributed by atoms with Gasteiger partial charge in [0.25, 0.3) is 0 Å². The lowest BCUT2D eigenvalue weighted by Gasteiger charge is -2.43. The van der Waals surface area contributed by atoms with Crippen molar-refractivity contribution in [3.63, 3.8) is 0 Å². The largest absolute Gasteiger partial charge is 0.466 e. The molecular formula is C17H33NO4. The molecule has 0 aliphatic carbocycles. The summed E-state index contributed by atoms with van der Waals surface area (Å²) in [4.78, 5) is 14.0. The number of hydrogen-bond donors (Lipinski definition) is 1.